The fraction of sp³-hybridized carbons (Fsp3) is 0.182. The maximum atomic E-state index is 6.05. The lowest BCUT2D eigenvalue weighted by Gasteiger charge is -2.08. The average Bonchev–Trinajstić information content (AvgIpc) is 2.65. The minimum absolute atomic E-state index is 0.127. The van der Waals surface area contributed by atoms with Crippen molar-refractivity contribution in [3.63, 3.8) is 0 Å². The van der Waals surface area contributed by atoms with Crippen LogP contribution in [0, 0.1) is 0 Å². The largest absolute Gasteiger partial charge is 0.340 e. The predicted molar refractivity (Wildman–Crippen MR) is 55.7 cm³/mol. The smallest absolute Gasteiger partial charge is 0.0947 e. The molecule has 1 aromatic carbocycles. The molecule has 0 saturated carbocycles. The predicted octanol–water partition coefficient (Wildman–Crippen LogP) is 1.47. The third-order valence-electron chi connectivity index (χ3n) is 2.20. The van der Waals surface area contributed by atoms with Crippen LogP contribution < -0.4 is 5.73 Å². The number of hydrogen-bond donors (Lipinski definition) is 1. The van der Waals surface area contributed by atoms with Gasteiger partial charge in [-0.3, -0.25) is 0 Å². The Kier molecular flexibility index (Phi) is 2.33. The summed E-state index contributed by atoms with van der Waals surface area (Å²) >= 11 is 0. The van der Waals surface area contributed by atoms with E-state index >= 15 is 0 Å². The Labute approximate surface area is 83.2 Å². The van der Waals surface area contributed by atoms with Crippen LogP contribution in [-0.4, -0.2) is 9.55 Å². The molecule has 0 radical (unpaired) electrons. The van der Waals surface area contributed by atoms with Gasteiger partial charge in [0.1, 0.15) is 0 Å². The monoisotopic (exact) mass is 187 g/mol. The first-order valence-corrected chi connectivity index (χ1v) is 4.56. The molecule has 14 heavy (non-hydrogen) atoms. The lowest BCUT2D eigenvalue weighted by atomic mass is 10.1. The average molecular weight is 187 g/mol. The summed E-state index contributed by atoms with van der Waals surface area (Å²) in [5, 5.41) is 0. The molecule has 0 spiro atoms. The minimum Gasteiger partial charge on any atom is -0.340 e. The van der Waals surface area contributed by atoms with Crippen LogP contribution in [-0.2, 0) is 7.05 Å². The lowest BCUT2D eigenvalue weighted by Crippen LogP contribution is -2.11. The van der Waals surface area contributed by atoms with Crippen LogP contribution in [0.5, 0.6) is 0 Å². The molecule has 72 valence electrons. The molecule has 3 nitrogen and oxygen atoms in total. The topological polar surface area (TPSA) is 43.8 Å². The van der Waals surface area contributed by atoms with Gasteiger partial charge < -0.3 is 10.3 Å². The standard InChI is InChI=1S/C11H13N3/c1-14-7-10(13-8-14)11(12)9-5-3-2-4-6-9/h2-8,11H,12H2,1H3. The molecule has 1 aromatic heterocycles. The van der Waals surface area contributed by atoms with Crippen molar-refractivity contribution in [1.82, 2.24) is 9.55 Å². The molecule has 0 aliphatic heterocycles. The molecule has 2 N–H and O–H groups in total. The van der Waals surface area contributed by atoms with Crippen LogP contribution in [0.4, 0.5) is 0 Å². The first kappa shape index (κ1) is 8.97. The van der Waals surface area contributed by atoms with Crippen molar-refractivity contribution in [3.05, 3.63) is 54.1 Å². The molecule has 0 amide bonds. The molecule has 0 saturated heterocycles. The molecule has 0 aliphatic carbocycles. The Morgan fingerprint density at radius 2 is 2.00 bits per heavy atom. The fourth-order valence-electron chi connectivity index (χ4n) is 1.42. The second-order valence-corrected chi connectivity index (χ2v) is 3.35. The highest BCUT2D eigenvalue weighted by molar-refractivity contribution is 5.25. The molecule has 2 rings (SSSR count). The summed E-state index contributed by atoms with van der Waals surface area (Å²) in [6.45, 7) is 0. The number of aryl methyl sites for hydroxylation is 1. The summed E-state index contributed by atoms with van der Waals surface area (Å²) in [6, 6.07) is 9.85. The van der Waals surface area contributed by atoms with Crippen LogP contribution in [0.1, 0.15) is 17.3 Å². The van der Waals surface area contributed by atoms with Gasteiger partial charge in [-0.25, -0.2) is 4.98 Å². The molecule has 3 heteroatoms. The van der Waals surface area contributed by atoms with E-state index in [0.29, 0.717) is 0 Å². The lowest BCUT2D eigenvalue weighted by molar-refractivity contribution is 0.834. The van der Waals surface area contributed by atoms with E-state index < -0.39 is 0 Å². The number of imidazole rings is 1. The number of nitrogens with zero attached hydrogens (tertiary/aromatic N) is 2. The SMILES string of the molecule is Cn1cnc(C(N)c2ccccc2)c1. The summed E-state index contributed by atoms with van der Waals surface area (Å²) in [6.07, 6.45) is 3.70. The Balaban J connectivity index is 2.29. The van der Waals surface area contributed by atoms with Gasteiger partial charge in [-0.05, 0) is 5.56 Å². The maximum absolute atomic E-state index is 6.05. The summed E-state index contributed by atoms with van der Waals surface area (Å²) in [7, 11) is 1.94. The molecular weight excluding hydrogens is 174 g/mol. The number of rotatable bonds is 2. The van der Waals surface area contributed by atoms with Gasteiger partial charge in [-0.1, -0.05) is 30.3 Å². The number of aromatic nitrogens is 2. The zero-order valence-corrected chi connectivity index (χ0v) is 8.09. The van der Waals surface area contributed by atoms with Gasteiger partial charge in [0.05, 0.1) is 18.1 Å². The van der Waals surface area contributed by atoms with E-state index in [9.17, 15) is 0 Å². The second kappa shape index (κ2) is 3.64. The van der Waals surface area contributed by atoms with Crippen molar-refractivity contribution >= 4 is 0 Å². The third kappa shape index (κ3) is 1.67. The van der Waals surface area contributed by atoms with Crippen LogP contribution in [0.25, 0.3) is 0 Å². The molecule has 1 heterocycles. The molecule has 0 bridgehead atoms. The number of nitrogens with two attached hydrogens (primary N) is 1. The molecule has 2 aromatic rings. The molecular formula is C11H13N3. The molecule has 1 atom stereocenters. The maximum Gasteiger partial charge on any atom is 0.0947 e. The number of benzene rings is 1. The van der Waals surface area contributed by atoms with Crippen molar-refractivity contribution < 1.29 is 0 Å². The van der Waals surface area contributed by atoms with E-state index in [1.54, 1.807) is 6.33 Å². The summed E-state index contributed by atoms with van der Waals surface area (Å²) in [5.74, 6) is 0. The van der Waals surface area contributed by atoms with E-state index in [2.05, 4.69) is 4.98 Å². The van der Waals surface area contributed by atoms with Crippen molar-refractivity contribution in [3.8, 4) is 0 Å². The zero-order chi connectivity index (χ0) is 9.97. The Morgan fingerprint density at radius 3 is 2.57 bits per heavy atom. The van der Waals surface area contributed by atoms with E-state index in [0.717, 1.165) is 11.3 Å². The van der Waals surface area contributed by atoms with Crippen molar-refractivity contribution in [2.45, 2.75) is 6.04 Å². The summed E-state index contributed by atoms with van der Waals surface area (Å²) in [5.41, 5.74) is 8.04. The molecule has 0 fully saturated rings. The zero-order valence-electron chi connectivity index (χ0n) is 8.09. The van der Waals surface area contributed by atoms with Crippen molar-refractivity contribution in [1.29, 1.82) is 0 Å². The van der Waals surface area contributed by atoms with Crippen molar-refractivity contribution in [2.75, 3.05) is 0 Å². The van der Waals surface area contributed by atoms with Gasteiger partial charge in [-0.15, -0.1) is 0 Å². The van der Waals surface area contributed by atoms with Gasteiger partial charge in [0.25, 0.3) is 0 Å². The van der Waals surface area contributed by atoms with Gasteiger partial charge in [0.15, 0.2) is 0 Å². The van der Waals surface area contributed by atoms with Gasteiger partial charge in [0, 0.05) is 13.2 Å². The van der Waals surface area contributed by atoms with Gasteiger partial charge in [-0.2, -0.15) is 0 Å². The Hall–Kier alpha value is -1.61. The van der Waals surface area contributed by atoms with Crippen LogP contribution in [0.15, 0.2) is 42.9 Å². The van der Waals surface area contributed by atoms with E-state index in [1.165, 1.54) is 0 Å². The number of hydrogen-bond acceptors (Lipinski definition) is 2. The second-order valence-electron chi connectivity index (χ2n) is 3.35. The van der Waals surface area contributed by atoms with Gasteiger partial charge >= 0.3 is 0 Å². The third-order valence-corrected chi connectivity index (χ3v) is 2.20. The van der Waals surface area contributed by atoms with Crippen molar-refractivity contribution in [2.24, 2.45) is 12.8 Å². The first-order valence-electron chi connectivity index (χ1n) is 4.56. The summed E-state index contributed by atoms with van der Waals surface area (Å²) in [4.78, 5) is 4.23. The Bertz CT molecular complexity index is 405. The molecule has 0 aliphatic rings. The van der Waals surface area contributed by atoms with Crippen LogP contribution in [0.2, 0.25) is 0 Å². The highest BCUT2D eigenvalue weighted by atomic mass is 15.0. The quantitative estimate of drug-likeness (QED) is 0.773. The fourth-order valence-corrected chi connectivity index (χ4v) is 1.42. The van der Waals surface area contributed by atoms with E-state index in [1.807, 2.05) is 48.1 Å². The van der Waals surface area contributed by atoms with E-state index in [-0.39, 0.29) is 6.04 Å². The highest BCUT2D eigenvalue weighted by Crippen LogP contribution is 2.16. The summed E-state index contributed by atoms with van der Waals surface area (Å²) < 4.78 is 1.90. The molecule has 1 unspecified atom stereocenters. The minimum atomic E-state index is -0.127. The van der Waals surface area contributed by atoms with E-state index in [4.69, 9.17) is 5.73 Å². The first-order chi connectivity index (χ1) is 6.77. The Morgan fingerprint density at radius 1 is 1.29 bits per heavy atom. The van der Waals surface area contributed by atoms with Gasteiger partial charge in [0.2, 0.25) is 0 Å². The van der Waals surface area contributed by atoms with Crippen LogP contribution in [0.3, 0.4) is 0 Å². The normalized spacial score (nSPS) is 12.7. The highest BCUT2D eigenvalue weighted by Gasteiger charge is 2.10. The van der Waals surface area contributed by atoms with Crippen LogP contribution >= 0.6 is 0 Å².